The van der Waals surface area contributed by atoms with Gasteiger partial charge in [0.15, 0.2) is 18.1 Å². The minimum Gasteiger partial charge on any atom is -0.497 e. The molecule has 0 aliphatic carbocycles. The van der Waals surface area contributed by atoms with Crippen molar-refractivity contribution in [2.24, 2.45) is 0 Å². The van der Waals surface area contributed by atoms with Gasteiger partial charge in [0.2, 0.25) is 0 Å². The molecule has 0 N–H and O–H groups in total. The van der Waals surface area contributed by atoms with Crippen molar-refractivity contribution >= 4 is 5.91 Å². The lowest BCUT2D eigenvalue weighted by molar-refractivity contribution is -0.134. The van der Waals surface area contributed by atoms with Gasteiger partial charge in [-0.2, -0.15) is 0 Å². The Labute approximate surface area is 161 Å². The van der Waals surface area contributed by atoms with Crippen molar-refractivity contribution in [2.45, 2.75) is 19.4 Å². The van der Waals surface area contributed by atoms with E-state index in [1.165, 1.54) is 0 Å². The minimum absolute atomic E-state index is 0.0613. The SMILES string of the molecule is C=CCc1ccc(OCC(=O)N(C)C(C)c2ccc(OC)cc2)c(OC)c1. The Kier molecular flexibility index (Phi) is 7.29. The lowest BCUT2D eigenvalue weighted by atomic mass is 10.1. The predicted octanol–water partition coefficient (Wildman–Crippen LogP) is 4.03. The van der Waals surface area contributed by atoms with Gasteiger partial charge in [-0.05, 0) is 48.7 Å². The van der Waals surface area contributed by atoms with Crippen molar-refractivity contribution in [2.75, 3.05) is 27.9 Å². The van der Waals surface area contributed by atoms with Gasteiger partial charge >= 0.3 is 0 Å². The minimum atomic E-state index is -0.115. The smallest absolute Gasteiger partial charge is 0.260 e. The van der Waals surface area contributed by atoms with Crippen LogP contribution >= 0.6 is 0 Å². The van der Waals surface area contributed by atoms with Gasteiger partial charge in [0.05, 0.1) is 20.3 Å². The maximum absolute atomic E-state index is 12.5. The van der Waals surface area contributed by atoms with Gasteiger partial charge in [-0.3, -0.25) is 4.79 Å². The Morgan fingerprint density at radius 2 is 1.81 bits per heavy atom. The van der Waals surface area contributed by atoms with E-state index >= 15 is 0 Å². The van der Waals surface area contributed by atoms with Gasteiger partial charge in [-0.25, -0.2) is 0 Å². The van der Waals surface area contributed by atoms with Crippen LogP contribution < -0.4 is 14.2 Å². The van der Waals surface area contributed by atoms with Gasteiger partial charge in [-0.15, -0.1) is 6.58 Å². The first kappa shape index (κ1) is 20.4. The monoisotopic (exact) mass is 369 g/mol. The lowest BCUT2D eigenvalue weighted by Crippen LogP contribution is -2.33. The van der Waals surface area contributed by atoms with Crippen LogP contribution in [0.1, 0.15) is 24.1 Å². The molecule has 2 aromatic carbocycles. The van der Waals surface area contributed by atoms with E-state index in [4.69, 9.17) is 14.2 Å². The van der Waals surface area contributed by atoms with Crippen LogP contribution in [-0.2, 0) is 11.2 Å². The van der Waals surface area contributed by atoms with Crippen molar-refractivity contribution in [1.82, 2.24) is 4.90 Å². The quantitative estimate of drug-likeness (QED) is 0.626. The summed E-state index contributed by atoms with van der Waals surface area (Å²) in [6.07, 6.45) is 2.58. The highest BCUT2D eigenvalue weighted by atomic mass is 16.5. The average Bonchev–Trinajstić information content (AvgIpc) is 2.71. The zero-order valence-electron chi connectivity index (χ0n) is 16.4. The number of allylic oxidation sites excluding steroid dienone is 1. The molecular weight excluding hydrogens is 342 g/mol. The fourth-order valence-electron chi connectivity index (χ4n) is 2.69. The van der Waals surface area contributed by atoms with Crippen molar-refractivity contribution in [3.63, 3.8) is 0 Å². The van der Waals surface area contributed by atoms with E-state index in [1.807, 2.05) is 55.5 Å². The molecule has 144 valence electrons. The first-order chi connectivity index (χ1) is 13.0. The van der Waals surface area contributed by atoms with Gasteiger partial charge in [0.1, 0.15) is 5.75 Å². The van der Waals surface area contributed by atoms with Crippen LogP contribution in [0.3, 0.4) is 0 Å². The van der Waals surface area contributed by atoms with Gasteiger partial charge in [0.25, 0.3) is 5.91 Å². The topological polar surface area (TPSA) is 48.0 Å². The second-order valence-corrected chi connectivity index (χ2v) is 6.22. The molecule has 0 spiro atoms. The number of hydrogen-bond acceptors (Lipinski definition) is 4. The summed E-state index contributed by atoms with van der Waals surface area (Å²) in [5, 5.41) is 0. The molecule has 0 saturated heterocycles. The number of methoxy groups -OCH3 is 2. The number of benzene rings is 2. The molecule has 0 aliphatic heterocycles. The van der Waals surface area contributed by atoms with E-state index in [0.29, 0.717) is 11.5 Å². The molecule has 0 radical (unpaired) electrons. The average molecular weight is 369 g/mol. The van der Waals surface area contributed by atoms with E-state index in [0.717, 1.165) is 23.3 Å². The van der Waals surface area contributed by atoms with E-state index in [9.17, 15) is 4.79 Å². The number of ether oxygens (including phenoxy) is 3. The maximum Gasteiger partial charge on any atom is 0.260 e. The highest BCUT2D eigenvalue weighted by molar-refractivity contribution is 5.78. The highest BCUT2D eigenvalue weighted by Gasteiger charge is 2.18. The maximum atomic E-state index is 12.5. The van der Waals surface area contributed by atoms with Gasteiger partial charge < -0.3 is 19.1 Å². The van der Waals surface area contributed by atoms with Crippen LogP contribution in [0.2, 0.25) is 0 Å². The summed E-state index contributed by atoms with van der Waals surface area (Å²) < 4.78 is 16.2. The highest BCUT2D eigenvalue weighted by Crippen LogP contribution is 2.29. The number of amides is 1. The Hall–Kier alpha value is -2.95. The van der Waals surface area contributed by atoms with E-state index in [1.54, 1.807) is 26.2 Å². The van der Waals surface area contributed by atoms with Crippen molar-refractivity contribution < 1.29 is 19.0 Å². The molecule has 0 aliphatic rings. The molecule has 0 bridgehead atoms. The largest absolute Gasteiger partial charge is 0.497 e. The number of rotatable bonds is 9. The molecule has 5 heteroatoms. The molecule has 27 heavy (non-hydrogen) atoms. The standard InChI is InChI=1S/C22H27NO4/c1-6-7-17-8-13-20(21(14-17)26-5)27-15-22(24)23(3)16(2)18-9-11-19(25-4)12-10-18/h6,8-14,16H,1,7,15H2,2-5H3. The van der Waals surface area contributed by atoms with Crippen molar-refractivity contribution in [3.8, 4) is 17.2 Å². The number of carbonyl (C=O) groups is 1. The molecule has 0 heterocycles. The normalized spacial score (nSPS) is 11.4. The first-order valence-electron chi connectivity index (χ1n) is 8.80. The number of nitrogens with zero attached hydrogens (tertiary/aromatic N) is 1. The molecule has 0 fully saturated rings. The predicted molar refractivity (Wildman–Crippen MR) is 107 cm³/mol. The molecule has 1 unspecified atom stereocenters. The third-order valence-electron chi connectivity index (χ3n) is 4.53. The van der Waals surface area contributed by atoms with Gasteiger partial charge in [-0.1, -0.05) is 24.3 Å². The summed E-state index contributed by atoms with van der Waals surface area (Å²) in [6, 6.07) is 13.2. The Bertz CT molecular complexity index is 770. The summed E-state index contributed by atoms with van der Waals surface area (Å²) in [6.45, 7) is 5.65. The molecule has 5 nitrogen and oxygen atoms in total. The molecular formula is C22H27NO4. The molecule has 1 amide bonds. The zero-order valence-corrected chi connectivity index (χ0v) is 16.4. The molecule has 1 atom stereocenters. The molecule has 0 saturated carbocycles. The van der Waals surface area contributed by atoms with Crippen LogP contribution in [0.25, 0.3) is 0 Å². The van der Waals surface area contributed by atoms with E-state index < -0.39 is 0 Å². The molecule has 2 aromatic rings. The summed E-state index contributed by atoms with van der Waals surface area (Å²) in [5.41, 5.74) is 2.10. The first-order valence-corrected chi connectivity index (χ1v) is 8.80. The van der Waals surface area contributed by atoms with E-state index in [2.05, 4.69) is 6.58 Å². The third kappa shape index (κ3) is 5.26. The Morgan fingerprint density at radius 1 is 1.11 bits per heavy atom. The summed E-state index contributed by atoms with van der Waals surface area (Å²) in [4.78, 5) is 14.2. The second kappa shape index (κ2) is 9.67. The zero-order chi connectivity index (χ0) is 19.8. The molecule has 0 aromatic heterocycles. The summed E-state index contributed by atoms with van der Waals surface area (Å²) >= 11 is 0. The van der Waals surface area contributed by atoms with Crippen LogP contribution in [0, 0.1) is 0 Å². The fourth-order valence-corrected chi connectivity index (χ4v) is 2.69. The van der Waals surface area contributed by atoms with Crippen LogP contribution in [0.15, 0.2) is 55.1 Å². The van der Waals surface area contributed by atoms with E-state index in [-0.39, 0.29) is 18.6 Å². The Balaban J connectivity index is 2.00. The summed E-state index contributed by atoms with van der Waals surface area (Å²) in [7, 11) is 4.98. The third-order valence-corrected chi connectivity index (χ3v) is 4.53. The van der Waals surface area contributed by atoms with Crippen LogP contribution in [-0.4, -0.2) is 38.7 Å². The number of carbonyl (C=O) groups excluding carboxylic acids is 1. The Morgan fingerprint density at radius 3 is 2.41 bits per heavy atom. The fraction of sp³-hybridized carbons (Fsp3) is 0.318. The number of hydrogen-bond donors (Lipinski definition) is 0. The number of likely N-dealkylation sites (N-methyl/N-ethyl adjacent to an activating group) is 1. The van der Waals surface area contributed by atoms with Crippen molar-refractivity contribution in [1.29, 1.82) is 0 Å². The lowest BCUT2D eigenvalue weighted by Gasteiger charge is -2.25. The van der Waals surface area contributed by atoms with Crippen molar-refractivity contribution in [3.05, 3.63) is 66.2 Å². The van der Waals surface area contributed by atoms with Crippen LogP contribution in [0.5, 0.6) is 17.2 Å². The summed E-state index contributed by atoms with van der Waals surface area (Å²) in [5.74, 6) is 1.82. The molecule has 2 rings (SSSR count). The second-order valence-electron chi connectivity index (χ2n) is 6.22. The van der Waals surface area contributed by atoms with Crippen LogP contribution in [0.4, 0.5) is 0 Å². The van der Waals surface area contributed by atoms with Gasteiger partial charge in [0, 0.05) is 7.05 Å².